The van der Waals surface area contributed by atoms with E-state index >= 15 is 0 Å². The molecule has 0 saturated carbocycles. The maximum atomic E-state index is 12.1. The summed E-state index contributed by atoms with van der Waals surface area (Å²) in [5.41, 5.74) is 2.15. The lowest BCUT2D eigenvalue weighted by Crippen LogP contribution is -2.30. The molecule has 0 saturated heterocycles. The minimum atomic E-state index is -0.932. The first-order valence-electron chi connectivity index (χ1n) is 8.11. The highest BCUT2D eigenvalue weighted by Gasteiger charge is 2.19. The Labute approximate surface area is 147 Å². The lowest BCUT2D eigenvalue weighted by molar-refractivity contribution is -0.153. The molecular weight excluding hydrogens is 318 g/mol. The molecule has 0 radical (unpaired) electrons. The number of carbonyl (C=O) groups is 3. The Morgan fingerprint density at radius 2 is 1.60 bits per heavy atom. The van der Waals surface area contributed by atoms with E-state index in [1.54, 1.807) is 30.3 Å². The van der Waals surface area contributed by atoms with Crippen LogP contribution < -0.4 is 5.32 Å². The molecule has 0 aliphatic rings. The van der Waals surface area contributed by atoms with Crippen molar-refractivity contribution in [3.8, 4) is 0 Å². The minimum absolute atomic E-state index is 0.0506. The Morgan fingerprint density at radius 1 is 0.960 bits per heavy atom. The van der Waals surface area contributed by atoms with Crippen molar-refractivity contribution >= 4 is 23.3 Å². The number of amides is 1. The van der Waals surface area contributed by atoms with E-state index in [0.29, 0.717) is 11.3 Å². The van der Waals surface area contributed by atoms with Gasteiger partial charge >= 0.3 is 5.97 Å². The highest BCUT2D eigenvalue weighted by Crippen LogP contribution is 2.14. The number of aryl methyl sites for hydroxylation is 1. The van der Waals surface area contributed by atoms with Gasteiger partial charge in [0.2, 0.25) is 0 Å². The van der Waals surface area contributed by atoms with Crippen LogP contribution in [0.2, 0.25) is 0 Å². The normalized spacial score (nSPS) is 11.4. The first kappa shape index (κ1) is 18.4. The lowest BCUT2D eigenvalue weighted by Gasteiger charge is -2.14. The number of Topliss-reactive ketones (excluding diaryl/α,β-unsaturated/α-hetero) is 1. The zero-order chi connectivity index (χ0) is 18.2. The highest BCUT2D eigenvalue weighted by molar-refractivity contribution is 5.98. The van der Waals surface area contributed by atoms with Crippen LogP contribution in [0.15, 0.2) is 54.6 Å². The summed E-state index contributed by atoms with van der Waals surface area (Å²) in [7, 11) is 0. The molecule has 1 amide bonds. The van der Waals surface area contributed by atoms with Gasteiger partial charge in [0.15, 0.2) is 11.9 Å². The van der Waals surface area contributed by atoms with Gasteiger partial charge in [0, 0.05) is 17.7 Å². The molecule has 130 valence electrons. The summed E-state index contributed by atoms with van der Waals surface area (Å²) in [6.07, 6.45) is -0.941. The number of carbonyl (C=O) groups excluding carboxylic acids is 3. The van der Waals surface area contributed by atoms with Crippen molar-refractivity contribution in [3.05, 3.63) is 65.7 Å². The molecule has 0 aromatic heterocycles. The van der Waals surface area contributed by atoms with E-state index in [2.05, 4.69) is 5.32 Å². The summed E-state index contributed by atoms with van der Waals surface area (Å²) >= 11 is 0. The van der Waals surface area contributed by atoms with Crippen molar-refractivity contribution in [2.45, 2.75) is 32.8 Å². The van der Waals surface area contributed by atoms with E-state index in [9.17, 15) is 14.4 Å². The molecule has 5 nitrogen and oxygen atoms in total. The van der Waals surface area contributed by atoms with E-state index in [4.69, 9.17) is 4.74 Å². The number of rotatable bonds is 7. The van der Waals surface area contributed by atoms with Crippen molar-refractivity contribution in [2.24, 2.45) is 0 Å². The fourth-order valence-corrected chi connectivity index (χ4v) is 2.24. The summed E-state index contributed by atoms with van der Waals surface area (Å²) in [5.74, 6) is -1.11. The molecular formula is C20H21NO4. The van der Waals surface area contributed by atoms with E-state index in [1.165, 1.54) is 6.92 Å². The predicted octanol–water partition coefficient (Wildman–Crippen LogP) is 3.53. The van der Waals surface area contributed by atoms with Gasteiger partial charge in [-0.3, -0.25) is 14.4 Å². The Balaban J connectivity index is 1.80. The van der Waals surface area contributed by atoms with Gasteiger partial charge in [-0.25, -0.2) is 0 Å². The van der Waals surface area contributed by atoms with Crippen molar-refractivity contribution in [1.29, 1.82) is 0 Å². The van der Waals surface area contributed by atoms with E-state index in [-0.39, 0.29) is 18.6 Å². The second-order valence-electron chi connectivity index (χ2n) is 5.73. The second kappa shape index (κ2) is 8.78. The van der Waals surface area contributed by atoms with Gasteiger partial charge in [0.25, 0.3) is 5.91 Å². The average molecular weight is 339 g/mol. The molecule has 2 rings (SSSR count). The molecule has 2 aromatic rings. The van der Waals surface area contributed by atoms with Gasteiger partial charge in [-0.2, -0.15) is 0 Å². The number of hydrogen-bond acceptors (Lipinski definition) is 4. The van der Waals surface area contributed by atoms with Crippen LogP contribution in [0.3, 0.4) is 0 Å². The molecule has 1 atom stereocenters. The van der Waals surface area contributed by atoms with Crippen LogP contribution in [0.1, 0.15) is 35.7 Å². The maximum Gasteiger partial charge on any atom is 0.307 e. The van der Waals surface area contributed by atoms with E-state index in [1.807, 2.05) is 31.2 Å². The molecule has 0 unspecified atom stereocenters. The summed E-state index contributed by atoms with van der Waals surface area (Å²) in [5, 5.41) is 2.72. The van der Waals surface area contributed by atoms with Gasteiger partial charge in [-0.15, -0.1) is 0 Å². The monoisotopic (exact) mass is 339 g/mol. The molecule has 0 aliphatic heterocycles. The summed E-state index contributed by atoms with van der Waals surface area (Å²) < 4.78 is 5.11. The second-order valence-corrected chi connectivity index (χ2v) is 5.73. The molecule has 25 heavy (non-hydrogen) atoms. The zero-order valence-corrected chi connectivity index (χ0v) is 14.3. The molecule has 0 spiro atoms. The number of nitrogens with one attached hydrogen (secondary N) is 1. The number of ketones is 1. The predicted molar refractivity (Wildman–Crippen MR) is 95.4 cm³/mol. The molecule has 0 fully saturated rings. The zero-order valence-electron chi connectivity index (χ0n) is 14.3. The van der Waals surface area contributed by atoms with E-state index < -0.39 is 18.0 Å². The number of hydrogen-bond donors (Lipinski definition) is 1. The number of para-hydroxylation sites is 1. The van der Waals surface area contributed by atoms with Crippen molar-refractivity contribution < 1.29 is 19.1 Å². The Morgan fingerprint density at radius 3 is 2.28 bits per heavy atom. The highest BCUT2D eigenvalue weighted by atomic mass is 16.5. The Bertz CT molecular complexity index is 755. The van der Waals surface area contributed by atoms with Gasteiger partial charge < -0.3 is 10.1 Å². The largest absolute Gasteiger partial charge is 0.453 e. The van der Waals surface area contributed by atoms with Crippen molar-refractivity contribution in [3.63, 3.8) is 0 Å². The number of anilines is 1. The number of benzene rings is 2. The number of esters is 1. The topological polar surface area (TPSA) is 72.5 Å². The van der Waals surface area contributed by atoms with Crippen LogP contribution in [0.25, 0.3) is 0 Å². The van der Waals surface area contributed by atoms with Gasteiger partial charge in [0.1, 0.15) is 0 Å². The maximum absolute atomic E-state index is 12.1. The van der Waals surface area contributed by atoms with Crippen molar-refractivity contribution in [2.75, 3.05) is 5.32 Å². The van der Waals surface area contributed by atoms with Crippen LogP contribution in [-0.4, -0.2) is 23.8 Å². The molecule has 5 heteroatoms. The standard InChI is InChI=1S/C20H21NO4/c1-14-8-6-7-11-17(14)21-20(24)15(2)25-19(23)13-12-18(22)16-9-4-3-5-10-16/h3-11,15H,12-13H2,1-2H3,(H,21,24)/t15-/m1/s1. The van der Waals surface area contributed by atoms with Crippen molar-refractivity contribution in [1.82, 2.24) is 0 Å². The number of ether oxygens (including phenoxy) is 1. The van der Waals surface area contributed by atoms with Gasteiger partial charge in [-0.05, 0) is 25.5 Å². The van der Waals surface area contributed by atoms with Crippen LogP contribution >= 0.6 is 0 Å². The van der Waals surface area contributed by atoms with Gasteiger partial charge in [-0.1, -0.05) is 48.5 Å². The van der Waals surface area contributed by atoms with E-state index in [0.717, 1.165) is 5.56 Å². The molecule has 1 N–H and O–H groups in total. The first-order chi connectivity index (χ1) is 12.0. The third-order valence-corrected chi connectivity index (χ3v) is 3.73. The summed E-state index contributed by atoms with van der Waals surface area (Å²) in [6, 6.07) is 16.1. The fourth-order valence-electron chi connectivity index (χ4n) is 2.24. The Kier molecular flexibility index (Phi) is 6.46. The quantitative estimate of drug-likeness (QED) is 0.619. The SMILES string of the molecule is Cc1ccccc1NC(=O)[C@@H](C)OC(=O)CCC(=O)c1ccccc1. The molecule has 0 bridgehead atoms. The Hall–Kier alpha value is -2.95. The molecule has 0 aliphatic carbocycles. The lowest BCUT2D eigenvalue weighted by atomic mass is 10.1. The molecule has 0 heterocycles. The summed E-state index contributed by atoms with van der Waals surface area (Å²) in [4.78, 5) is 35.9. The van der Waals surface area contributed by atoms with Crippen LogP contribution in [0, 0.1) is 6.92 Å². The smallest absolute Gasteiger partial charge is 0.307 e. The summed E-state index contributed by atoms with van der Waals surface area (Å²) in [6.45, 7) is 3.38. The van der Waals surface area contributed by atoms with Crippen LogP contribution in [0.5, 0.6) is 0 Å². The first-order valence-corrected chi connectivity index (χ1v) is 8.11. The van der Waals surface area contributed by atoms with Crippen LogP contribution in [-0.2, 0) is 14.3 Å². The fraction of sp³-hybridized carbons (Fsp3) is 0.250. The third-order valence-electron chi connectivity index (χ3n) is 3.73. The van der Waals surface area contributed by atoms with Crippen LogP contribution in [0.4, 0.5) is 5.69 Å². The molecule has 2 aromatic carbocycles. The van der Waals surface area contributed by atoms with Gasteiger partial charge in [0.05, 0.1) is 6.42 Å². The average Bonchev–Trinajstić information content (AvgIpc) is 2.62. The minimum Gasteiger partial charge on any atom is -0.453 e. The third kappa shape index (κ3) is 5.57.